The van der Waals surface area contributed by atoms with Crippen LogP contribution in [0.2, 0.25) is 5.02 Å². The Morgan fingerprint density at radius 3 is 2.62 bits per heavy atom. The molecule has 0 fully saturated rings. The van der Waals surface area contributed by atoms with Crippen LogP contribution in [0.3, 0.4) is 0 Å². The molecule has 0 radical (unpaired) electrons. The first-order chi connectivity index (χ1) is 9.61. The topological polar surface area (TPSA) is 64.3 Å². The monoisotopic (exact) mass is 328 g/mol. The van der Waals surface area contributed by atoms with Crippen molar-refractivity contribution in [1.29, 1.82) is 0 Å². The quantitative estimate of drug-likeness (QED) is 0.816. The second-order valence-corrected chi connectivity index (χ2v) is 4.70. The van der Waals surface area contributed by atoms with Gasteiger partial charge in [0.1, 0.15) is 13.2 Å². The van der Waals surface area contributed by atoms with Gasteiger partial charge in [-0.15, -0.1) is 0 Å². The number of hydrogen-bond acceptors (Lipinski definition) is 3. The van der Waals surface area contributed by atoms with E-state index >= 15 is 0 Å². The molecule has 0 saturated heterocycles. The van der Waals surface area contributed by atoms with Gasteiger partial charge in [-0.3, -0.25) is 4.79 Å². The number of carbonyl (C=O) groups is 1. The van der Waals surface area contributed by atoms with E-state index in [0.29, 0.717) is 0 Å². The molecule has 3 N–H and O–H groups in total. The zero-order chi connectivity index (χ0) is 16.2. The maximum atomic E-state index is 13.6. The highest BCUT2D eigenvalue weighted by Crippen LogP contribution is 2.31. The van der Waals surface area contributed by atoms with Crippen molar-refractivity contribution in [3.8, 4) is 5.75 Å². The molecule has 4 nitrogen and oxygen atoms in total. The van der Waals surface area contributed by atoms with Crippen molar-refractivity contribution in [2.24, 2.45) is 5.73 Å². The van der Waals surface area contributed by atoms with E-state index in [1.165, 1.54) is 0 Å². The normalized spacial score (nSPS) is 12.9. The summed E-state index contributed by atoms with van der Waals surface area (Å²) in [6, 6.07) is 1.44. The summed E-state index contributed by atoms with van der Waals surface area (Å²) in [6.07, 6.45) is -4.56. The molecule has 0 aromatic heterocycles. The van der Waals surface area contributed by atoms with Gasteiger partial charge in [0.15, 0.2) is 11.6 Å². The summed E-state index contributed by atoms with van der Waals surface area (Å²) in [7, 11) is 0. The van der Waals surface area contributed by atoms with Crippen molar-refractivity contribution in [2.75, 3.05) is 13.2 Å². The molecule has 21 heavy (non-hydrogen) atoms. The second kappa shape index (κ2) is 6.95. The van der Waals surface area contributed by atoms with Gasteiger partial charge in [0.2, 0.25) is 0 Å². The van der Waals surface area contributed by atoms with Crippen molar-refractivity contribution in [1.82, 2.24) is 5.32 Å². The highest BCUT2D eigenvalue weighted by Gasteiger charge is 2.29. The number of alkyl halides is 3. The number of nitrogens with one attached hydrogen (secondary N) is 1. The van der Waals surface area contributed by atoms with Crippen LogP contribution in [0, 0.1) is 5.82 Å². The van der Waals surface area contributed by atoms with Crippen LogP contribution in [-0.4, -0.2) is 31.3 Å². The molecule has 0 saturated carbocycles. The summed E-state index contributed by atoms with van der Waals surface area (Å²) >= 11 is 5.79. The van der Waals surface area contributed by atoms with Crippen LogP contribution in [0.25, 0.3) is 0 Å². The minimum absolute atomic E-state index is 0.0652. The maximum absolute atomic E-state index is 13.6. The molecule has 1 aromatic carbocycles. The fourth-order valence-electron chi connectivity index (χ4n) is 1.33. The first kappa shape index (κ1) is 17.5. The number of rotatable bonds is 5. The second-order valence-electron chi connectivity index (χ2n) is 4.32. The van der Waals surface area contributed by atoms with Gasteiger partial charge in [-0.25, -0.2) is 4.39 Å². The summed E-state index contributed by atoms with van der Waals surface area (Å²) in [5.41, 5.74) is 5.12. The van der Waals surface area contributed by atoms with E-state index in [4.69, 9.17) is 22.1 Å². The van der Waals surface area contributed by atoms with E-state index in [1.807, 2.05) is 0 Å². The maximum Gasteiger partial charge on any atom is 0.405 e. The lowest BCUT2D eigenvalue weighted by molar-refractivity contribution is -0.123. The van der Waals surface area contributed by atoms with Crippen LogP contribution in [0.5, 0.6) is 5.75 Å². The molecule has 118 valence electrons. The number of halogens is 5. The van der Waals surface area contributed by atoms with E-state index in [0.717, 1.165) is 12.1 Å². The zero-order valence-corrected chi connectivity index (χ0v) is 11.7. The van der Waals surface area contributed by atoms with Crippen molar-refractivity contribution in [2.45, 2.75) is 19.1 Å². The lowest BCUT2D eigenvalue weighted by Gasteiger charge is -2.14. The molecule has 1 rings (SSSR count). The smallest absolute Gasteiger partial charge is 0.405 e. The molecule has 0 bridgehead atoms. The van der Waals surface area contributed by atoms with E-state index in [2.05, 4.69) is 0 Å². The molecule has 1 amide bonds. The fraction of sp³-hybridized carbons (Fsp3) is 0.417. The van der Waals surface area contributed by atoms with Crippen LogP contribution in [0.1, 0.15) is 17.3 Å². The van der Waals surface area contributed by atoms with Crippen LogP contribution >= 0.6 is 11.6 Å². The number of amides is 1. The lowest BCUT2D eigenvalue weighted by atomic mass is 10.2. The third kappa shape index (κ3) is 5.39. The molecule has 0 aliphatic heterocycles. The lowest BCUT2D eigenvalue weighted by Crippen LogP contribution is -2.34. The van der Waals surface area contributed by atoms with Crippen molar-refractivity contribution < 1.29 is 27.1 Å². The van der Waals surface area contributed by atoms with Gasteiger partial charge in [0.25, 0.3) is 5.91 Å². The predicted molar refractivity (Wildman–Crippen MR) is 68.9 cm³/mol. The van der Waals surface area contributed by atoms with Gasteiger partial charge < -0.3 is 15.8 Å². The average Bonchev–Trinajstić information content (AvgIpc) is 2.34. The zero-order valence-electron chi connectivity index (χ0n) is 10.9. The number of benzene rings is 1. The van der Waals surface area contributed by atoms with E-state index in [-0.39, 0.29) is 12.2 Å². The minimum Gasteiger partial charge on any atom is -0.487 e. The third-order valence-corrected chi connectivity index (χ3v) is 2.61. The van der Waals surface area contributed by atoms with Gasteiger partial charge in [-0.1, -0.05) is 11.6 Å². The predicted octanol–water partition coefficient (Wildman–Crippen LogP) is 2.50. The molecular formula is C12H13ClF4N2O2. The van der Waals surface area contributed by atoms with Crippen molar-refractivity contribution >= 4 is 17.5 Å². The summed E-state index contributed by atoms with van der Waals surface area (Å²) in [6.45, 7) is 0.0194. The van der Waals surface area contributed by atoms with Crippen LogP contribution in [0.4, 0.5) is 17.6 Å². The molecule has 0 unspecified atom stereocenters. The summed E-state index contributed by atoms with van der Waals surface area (Å²) in [5.74, 6) is -2.34. The summed E-state index contributed by atoms with van der Waals surface area (Å²) in [4.78, 5) is 11.6. The molecule has 9 heteroatoms. The van der Waals surface area contributed by atoms with Crippen molar-refractivity contribution in [3.63, 3.8) is 0 Å². The molecule has 0 aliphatic rings. The number of hydrogen-bond donors (Lipinski definition) is 2. The molecule has 0 aliphatic carbocycles. The Hall–Kier alpha value is -1.54. The van der Waals surface area contributed by atoms with Gasteiger partial charge >= 0.3 is 6.18 Å². The Balaban J connectivity index is 2.93. The Bertz CT molecular complexity index is 521. The molecular weight excluding hydrogens is 316 g/mol. The highest BCUT2D eigenvalue weighted by atomic mass is 35.5. The fourth-order valence-corrected chi connectivity index (χ4v) is 1.62. The number of ether oxygens (including phenoxy) is 1. The van der Waals surface area contributed by atoms with Crippen LogP contribution in [-0.2, 0) is 0 Å². The van der Waals surface area contributed by atoms with Crippen molar-refractivity contribution in [3.05, 3.63) is 28.5 Å². The van der Waals surface area contributed by atoms with Gasteiger partial charge in [-0.05, 0) is 19.1 Å². The molecule has 1 aromatic rings. The third-order valence-electron chi connectivity index (χ3n) is 2.23. The highest BCUT2D eigenvalue weighted by molar-refractivity contribution is 6.35. The Morgan fingerprint density at radius 2 is 2.10 bits per heavy atom. The Kier molecular flexibility index (Phi) is 5.79. The van der Waals surface area contributed by atoms with Gasteiger partial charge in [-0.2, -0.15) is 13.2 Å². The average molecular weight is 329 g/mol. The molecule has 1 atom stereocenters. The summed E-state index contributed by atoms with van der Waals surface area (Å²) < 4.78 is 54.7. The summed E-state index contributed by atoms with van der Waals surface area (Å²) in [5, 5.41) is 1.23. The first-order valence-corrected chi connectivity index (χ1v) is 6.21. The van der Waals surface area contributed by atoms with Crippen LogP contribution < -0.4 is 15.8 Å². The van der Waals surface area contributed by atoms with Crippen LogP contribution in [0.15, 0.2) is 12.1 Å². The number of carbonyl (C=O) groups excluding carboxylic acids is 1. The minimum atomic E-state index is -4.56. The standard InChI is InChI=1S/C12H13ClF4N2O2/c1-6(18)4-21-10-8(14)3-2-7(9(10)13)11(20)19-5-12(15,16)17/h2-3,6H,4-5,18H2,1H3,(H,19,20)/t6-/m1/s1. The van der Waals surface area contributed by atoms with E-state index < -0.39 is 41.3 Å². The van der Waals surface area contributed by atoms with E-state index in [9.17, 15) is 22.4 Å². The Morgan fingerprint density at radius 1 is 1.48 bits per heavy atom. The number of nitrogens with two attached hydrogens (primary N) is 1. The van der Waals surface area contributed by atoms with Gasteiger partial charge in [0.05, 0.1) is 10.6 Å². The Labute approximate surface area is 123 Å². The molecule has 0 heterocycles. The molecule has 0 spiro atoms. The largest absolute Gasteiger partial charge is 0.487 e. The first-order valence-electron chi connectivity index (χ1n) is 5.83. The van der Waals surface area contributed by atoms with E-state index in [1.54, 1.807) is 12.2 Å². The SMILES string of the molecule is C[C@@H](N)COc1c(F)ccc(C(=O)NCC(F)(F)F)c1Cl. The van der Waals surface area contributed by atoms with Gasteiger partial charge in [0, 0.05) is 6.04 Å².